The van der Waals surface area contributed by atoms with Gasteiger partial charge in [-0.3, -0.25) is 0 Å². The number of ether oxygens (including phenoxy) is 1. The molecule has 1 unspecified atom stereocenters. The van der Waals surface area contributed by atoms with Crippen LogP contribution in [0.4, 0.5) is 0 Å². The topological polar surface area (TPSA) is 48.2 Å². The number of aromatic nitrogens is 2. The molecule has 0 fully saturated rings. The lowest BCUT2D eigenvalue weighted by Crippen LogP contribution is -2.16. The monoisotopic (exact) mass is 428 g/mol. The quantitative estimate of drug-likeness (QED) is 0.335. The predicted molar refractivity (Wildman–Crippen MR) is 130 cm³/mol. The molecule has 0 amide bonds. The summed E-state index contributed by atoms with van der Waals surface area (Å²) in [5.41, 5.74) is 3.48. The molecule has 32 heavy (non-hydrogen) atoms. The molecular formula is C28H32N2O2. The highest BCUT2D eigenvalue weighted by Crippen LogP contribution is 2.34. The van der Waals surface area contributed by atoms with E-state index in [1.165, 1.54) is 16.5 Å². The first-order valence-electron chi connectivity index (χ1n) is 11.2. The first-order valence-corrected chi connectivity index (χ1v) is 11.2. The van der Waals surface area contributed by atoms with Gasteiger partial charge in [-0.15, -0.1) is 10.2 Å². The number of fused-ring (bicyclic) bond motifs is 1. The smallest absolute Gasteiger partial charge is 0.257 e. The molecule has 0 aliphatic rings. The Morgan fingerprint density at radius 1 is 0.750 bits per heavy atom. The zero-order valence-corrected chi connectivity index (χ0v) is 20.1. The minimum absolute atomic E-state index is 0.0192. The zero-order chi connectivity index (χ0) is 23.1. The van der Waals surface area contributed by atoms with Gasteiger partial charge in [-0.05, 0) is 63.9 Å². The molecule has 1 aromatic heterocycles. The molecule has 0 aliphatic carbocycles. The van der Waals surface area contributed by atoms with Crippen LogP contribution in [0.2, 0.25) is 0 Å². The summed E-state index contributed by atoms with van der Waals surface area (Å²) < 4.78 is 12.2. The Labute approximate surface area is 190 Å². The first-order chi connectivity index (χ1) is 15.0. The number of rotatable bonds is 4. The Morgan fingerprint density at radius 2 is 1.38 bits per heavy atom. The Morgan fingerprint density at radius 3 is 2.00 bits per heavy atom. The minimum atomic E-state index is -0.356. The summed E-state index contributed by atoms with van der Waals surface area (Å²) in [6.45, 7) is 15.2. The van der Waals surface area contributed by atoms with E-state index in [0.29, 0.717) is 11.8 Å². The van der Waals surface area contributed by atoms with E-state index in [9.17, 15) is 0 Å². The van der Waals surface area contributed by atoms with E-state index in [0.717, 1.165) is 16.7 Å². The molecule has 0 spiro atoms. The van der Waals surface area contributed by atoms with Crippen LogP contribution in [0.5, 0.6) is 5.75 Å². The average molecular weight is 429 g/mol. The van der Waals surface area contributed by atoms with Crippen molar-refractivity contribution in [2.45, 2.75) is 65.4 Å². The molecule has 0 radical (unpaired) electrons. The van der Waals surface area contributed by atoms with E-state index in [1.807, 2.05) is 31.2 Å². The summed E-state index contributed by atoms with van der Waals surface area (Å²) in [6, 6.07) is 20.9. The first kappa shape index (κ1) is 22.1. The van der Waals surface area contributed by atoms with Crippen molar-refractivity contribution in [3.05, 3.63) is 77.7 Å². The summed E-state index contributed by atoms with van der Waals surface area (Å²) >= 11 is 0. The predicted octanol–water partition coefficient (Wildman–Crippen LogP) is 7.62. The van der Waals surface area contributed by atoms with Crippen molar-refractivity contribution in [3.63, 3.8) is 0 Å². The van der Waals surface area contributed by atoms with Crippen molar-refractivity contribution in [1.82, 2.24) is 10.2 Å². The standard InChI is InChI=1S/C28H32N2O2/c1-18(31-24-13-12-19-10-8-9-11-20(19)16-24)25-29-30-26(32-25)21-14-22(27(2,3)4)17-23(15-21)28(5,6)7/h8-18H,1-7H3. The lowest BCUT2D eigenvalue weighted by atomic mass is 9.79. The largest absolute Gasteiger partial charge is 0.481 e. The highest BCUT2D eigenvalue weighted by Gasteiger charge is 2.23. The van der Waals surface area contributed by atoms with E-state index in [-0.39, 0.29) is 16.9 Å². The van der Waals surface area contributed by atoms with E-state index in [4.69, 9.17) is 9.15 Å². The molecule has 0 saturated carbocycles. The van der Waals surface area contributed by atoms with Gasteiger partial charge in [-0.25, -0.2) is 0 Å². The molecule has 0 N–H and O–H groups in total. The second kappa shape index (κ2) is 8.09. The highest BCUT2D eigenvalue weighted by atomic mass is 16.5. The Bertz CT molecular complexity index is 1210. The third kappa shape index (κ3) is 4.69. The molecule has 4 rings (SSSR count). The number of benzene rings is 3. The molecule has 1 atom stereocenters. The number of hydrogen-bond acceptors (Lipinski definition) is 4. The third-order valence-corrected chi connectivity index (χ3v) is 5.73. The molecule has 4 heteroatoms. The maximum absolute atomic E-state index is 6.12. The summed E-state index contributed by atoms with van der Waals surface area (Å²) in [6.07, 6.45) is -0.356. The molecular weight excluding hydrogens is 396 g/mol. The van der Waals surface area contributed by atoms with Crippen LogP contribution >= 0.6 is 0 Å². The Kier molecular flexibility index (Phi) is 5.58. The molecule has 0 saturated heterocycles. The van der Waals surface area contributed by atoms with Gasteiger partial charge in [0.2, 0.25) is 5.89 Å². The van der Waals surface area contributed by atoms with Gasteiger partial charge < -0.3 is 9.15 Å². The van der Waals surface area contributed by atoms with Gasteiger partial charge in [0.15, 0.2) is 6.10 Å². The van der Waals surface area contributed by atoms with Crippen molar-refractivity contribution in [3.8, 4) is 17.2 Å². The number of hydrogen-bond donors (Lipinski definition) is 0. The van der Waals surface area contributed by atoms with Crippen LogP contribution in [0.1, 0.15) is 71.6 Å². The average Bonchev–Trinajstić information content (AvgIpc) is 3.23. The van der Waals surface area contributed by atoms with Gasteiger partial charge >= 0.3 is 0 Å². The van der Waals surface area contributed by atoms with Crippen LogP contribution in [-0.4, -0.2) is 10.2 Å². The van der Waals surface area contributed by atoms with Crippen molar-refractivity contribution < 1.29 is 9.15 Å². The van der Waals surface area contributed by atoms with Gasteiger partial charge in [0.25, 0.3) is 5.89 Å². The van der Waals surface area contributed by atoms with Crippen molar-refractivity contribution in [1.29, 1.82) is 0 Å². The highest BCUT2D eigenvalue weighted by molar-refractivity contribution is 5.83. The fraction of sp³-hybridized carbons (Fsp3) is 0.357. The van der Waals surface area contributed by atoms with E-state index >= 15 is 0 Å². The maximum Gasteiger partial charge on any atom is 0.257 e. The third-order valence-electron chi connectivity index (χ3n) is 5.73. The number of nitrogens with zero attached hydrogens (tertiary/aromatic N) is 2. The molecule has 0 aliphatic heterocycles. The summed E-state index contributed by atoms with van der Waals surface area (Å²) in [7, 11) is 0. The van der Waals surface area contributed by atoms with E-state index in [1.54, 1.807) is 0 Å². The van der Waals surface area contributed by atoms with E-state index in [2.05, 4.69) is 88.1 Å². The van der Waals surface area contributed by atoms with Gasteiger partial charge in [-0.1, -0.05) is 77.9 Å². The maximum atomic E-state index is 6.12. The lowest BCUT2D eigenvalue weighted by Gasteiger charge is -2.25. The second-order valence-corrected chi connectivity index (χ2v) is 10.5. The van der Waals surface area contributed by atoms with Crippen molar-refractivity contribution in [2.75, 3.05) is 0 Å². The van der Waals surface area contributed by atoms with Gasteiger partial charge in [0, 0.05) is 5.56 Å². The minimum Gasteiger partial charge on any atom is -0.481 e. The fourth-order valence-corrected chi connectivity index (χ4v) is 3.63. The van der Waals surface area contributed by atoms with Crippen LogP contribution < -0.4 is 4.74 Å². The molecule has 166 valence electrons. The van der Waals surface area contributed by atoms with Crippen LogP contribution in [0.3, 0.4) is 0 Å². The summed E-state index contributed by atoms with van der Waals surface area (Å²) in [5, 5.41) is 11.0. The van der Waals surface area contributed by atoms with Crippen LogP contribution in [0, 0.1) is 0 Å². The van der Waals surface area contributed by atoms with Gasteiger partial charge in [0.1, 0.15) is 5.75 Å². The van der Waals surface area contributed by atoms with Crippen molar-refractivity contribution in [2.24, 2.45) is 0 Å². The van der Waals surface area contributed by atoms with Crippen LogP contribution in [-0.2, 0) is 10.8 Å². The van der Waals surface area contributed by atoms with E-state index < -0.39 is 0 Å². The SMILES string of the molecule is CC(Oc1ccc2ccccc2c1)c1nnc(-c2cc(C(C)(C)C)cc(C(C)(C)C)c2)o1. The van der Waals surface area contributed by atoms with Crippen LogP contribution in [0.15, 0.2) is 65.1 Å². The lowest BCUT2D eigenvalue weighted by molar-refractivity contribution is 0.190. The second-order valence-electron chi connectivity index (χ2n) is 10.5. The molecule has 0 bridgehead atoms. The normalized spacial score (nSPS) is 13.3. The fourth-order valence-electron chi connectivity index (χ4n) is 3.63. The molecule has 4 nitrogen and oxygen atoms in total. The van der Waals surface area contributed by atoms with Crippen LogP contribution in [0.25, 0.3) is 22.2 Å². The Hall–Kier alpha value is -3.14. The molecule has 4 aromatic rings. The molecule has 1 heterocycles. The summed E-state index contributed by atoms with van der Waals surface area (Å²) in [4.78, 5) is 0. The summed E-state index contributed by atoms with van der Waals surface area (Å²) in [5.74, 6) is 1.76. The van der Waals surface area contributed by atoms with Gasteiger partial charge in [0.05, 0.1) is 0 Å². The van der Waals surface area contributed by atoms with Gasteiger partial charge in [-0.2, -0.15) is 0 Å². The Balaban J connectivity index is 1.62. The zero-order valence-electron chi connectivity index (χ0n) is 20.1. The van der Waals surface area contributed by atoms with Crippen molar-refractivity contribution >= 4 is 10.8 Å². The molecule has 3 aromatic carbocycles.